The molecular weight excluding hydrogens is 252 g/mol. The lowest BCUT2D eigenvalue weighted by Crippen LogP contribution is -2.03. The lowest BCUT2D eigenvalue weighted by atomic mass is 10.2. The summed E-state index contributed by atoms with van der Waals surface area (Å²) in [6.07, 6.45) is 3.43. The van der Waals surface area contributed by atoms with Gasteiger partial charge in [-0.2, -0.15) is 15.5 Å². The van der Waals surface area contributed by atoms with Crippen molar-refractivity contribution >= 4 is 11.0 Å². The zero-order valence-electron chi connectivity index (χ0n) is 11.2. The Morgan fingerprint density at radius 2 is 2.15 bits per heavy atom. The van der Waals surface area contributed by atoms with Crippen molar-refractivity contribution in [1.29, 1.82) is 5.26 Å². The molecule has 0 atom stereocenters. The third-order valence-electron chi connectivity index (χ3n) is 3.09. The fraction of sp³-hybridized carbons (Fsp3) is 0.214. The second-order valence-electron chi connectivity index (χ2n) is 4.55. The average Bonchev–Trinajstić information content (AvgIpc) is 2.78. The number of aryl methyl sites for hydroxylation is 2. The Morgan fingerprint density at radius 1 is 1.30 bits per heavy atom. The molecule has 98 valence electrons. The Morgan fingerprint density at radius 3 is 2.85 bits per heavy atom. The van der Waals surface area contributed by atoms with Gasteiger partial charge in [0.05, 0.1) is 28.9 Å². The van der Waals surface area contributed by atoms with Crippen LogP contribution in [0.1, 0.15) is 22.8 Å². The van der Waals surface area contributed by atoms with Crippen LogP contribution in [0.4, 0.5) is 0 Å². The van der Waals surface area contributed by atoms with Crippen molar-refractivity contribution in [3.63, 3.8) is 0 Å². The lowest BCUT2D eigenvalue weighted by Gasteiger charge is -2.04. The molecule has 3 aromatic rings. The summed E-state index contributed by atoms with van der Waals surface area (Å²) in [4.78, 5) is 8.78. The number of nitrogens with zero attached hydrogens (tertiary/aromatic N) is 6. The number of hydrogen-bond acceptors (Lipinski definition) is 5. The first-order chi connectivity index (χ1) is 9.69. The molecule has 0 amide bonds. The third-order valence-corrected chi connectivity index (χ3v) is 3.09. The van der Waals surface area contributed by atoms with Crippen LogP contribution in [0.25, 0.3) is 11.0 Å². The van der Waals surface area contributed by atoms with Gasteiger partial charge < -0.3 is 4.57 Å². The summed E-state index contributed by atoms with van der Waals surface area (Å²) < 4.78 is 1.92. The predicted octanol–water partition coefficient (Wildman–Crippen LogP) is 1.76. The standard InChI is InChI=1S/C14H12N6/c1-9-13-11(6-15)7-20(14(13)18-10(2)17-9)8-12-4-3-5-16-19-12/h3-5,7H,8H2,1-2H3. The van der Waals surface area contributed by atoms with Crippen molar-refractivity contribution in [2.75, 3.05) is 0 Å². The smallest absolute Gasteiger partial charge is 0.145 e. The van der Waals surface area contributed by atoms with Crippen LogP contribution in [-0.4, -0.2) is 24.7 Å². The molecule has 0 saturated carbocycles. The van der Waals surface area contributed by atoms with Crippen LogP contribution in [0, 0.1) is 25.2 Å². The highest BCUT2D eigenvalue weighted by molar-refractivity contribution is 5.85. The minimum absolute atomic E-state index is 0.530. The molecule has 0 unspecified atom stereocenters. The molecule has 6 nitrogen and oxygen atoms in total. The maximum atomic E-state index is 9.26. The van der Waals surface area contributed by atoms with Gasteiger partial charge in [-0.25, -0.2) is 9.97 Å². The second-order valence-corrected chi connectivity index (χ2v) is 4.55. The van der Waals surface area contributed by atoms with Crippen LogP contribution in [-0.2, 0) is 6.54 Å². The van der Waals surface area contributed by atoms with Crippen molar-refractivity contribution < 1.29 is 0 Å². The maximum Gasteiger partial charge on any atom is 0.145 e. The van der Waals surface area contributed by atoms with E-state index in [1.54, 1.807) is 12.4 Å². The Bertz CT molecular complexity index is 813. The van der Waals surface area contributed by atoms with E-state index in [0.29, 0.717) is 17.9 Å². The fourth-order valence-electron chi connectivity index (χ4n) is 2.30. The molecule has 0 aliphatic carbocycles. The summed E-state index contributed by atoms with van der Waals surface area (Å²) in [5, 5.41) is 18.0. The summed E-state index contributed by atoms with van der Waals surface area (Å²) >= 11 is 0. The number of nitriles is 1. The van der Waals surface area contributed by atoms with Gasteiger partial charge in [0.15, 0.2) is 0 Å². The first kappa shape index (κ1) is 12.2. The molecule has 0 aromatic carbocycles. The van der Waals surface area contributed by atoms with Crippen molar-refractivity contribution in [2.45, 2.75) is 20.4 Å². The van der Waals surface area contributed by atoms with Gasteiger partial charge in [-0.3, -0.25) is 0 Å². The fourth-order valence-corrected chi connectivity index (χ4v) is 2.30. The zero-order chi connectivity index (χ0) is 14.1. The number of rotatable bonds is 2. The Kier molecular flexibility index (Phi) is 2.88. The van der Waals surface area contributed by atoms with E-state index in [0.717, 1.165) is 22.4 Å². The lowest BCUT2D eigenvalue weighted by molar-refractivity contribution is 0.769. The quantitative estimate of drug-likeness (QED) is 0.704. The van der Waals surface area contributed by atoms with Gasteiger partial charge in [-0.05, 0) is 26.0 Å². The molecule has 3 heterocycles. The van der Waals surface area contributed by atoms with Gasteiger partial charge in [0.2, 0.25) is 0 Å². The molecule has 0 N–H and O–H groups in total. The van der Waals surface area contributed by atoms with Crippen LogP contribution in [0.2, 0.25) is 0 Å². The highest BCUT2D eigenvalue weighted by atomic mass is 15.1. The largest absolute Gasteiger partial charge is 0.325 e. The van der Waals surface area contributed by atoms with Crippen molar-refractivity contribution in [2.24, 2.45) is 0 Å². The van der Waals surface area contributed by atoms with E-state index >= 15 is 0 Å². The molecular formula is C14H12N6. The molecule has 0 bridgehead atoms. The van der Waals surface area contributed by atoms with Gasteiger partial charge >= 0.3 is 0 Å². The van der Waals surface area contributed by atoms with Crippen molar-refractivity contribution in [3.8, 4) is 6.07 Å². The van der Waals surface area contributed by atoms with E-state index in [4.69, 9.17) is 0 Å². The Hall–Kier alpha value is -2.81. The van der Waals surface area contributed by atoms with E-state index in [1.165, 1.54) is 0 Å². The summed E-state index contributed by atoms with van der Waals surface area (Å²) in [6, 6.07) is 5.93. The molecule has 0 saturated heterocycles. The van der Waals surface area contributed by atoms with E-state index in [-0.39, 0.29) is 0 Å². The van der Waals surface area contributed by atoms with Gasteiger partial charge in [0.1, 0.15) is 17.5 Å². The molecule has 0 spiro atoms. The predicted molar refractivity (Wildman–Crippen MR) is 72.9 cm³/mol. The van der Waals surface area contributed by atoms with Crippen LogP contribution >= 0.6 is 0 Å². The minimum Gasteiger partial charge on any atom is -0.325 e. The van der Waals surface area contributed by atoms with E-state index in [1.807, 2.05) is 30.5 Å². The van der Waals surface area contributed by atoms with Gasteiger partial charge in [-0.15, -0.1) is 0 Å². The SMILES string of the molecule is Cc1nc(C)c2c(C#N)cn(Cc3cccnn3)c2n1. The molecule has 6 heteroatoms. The third kappa shape index (κ3) is 1.99. The normalized spacial score (nSPS) is 10.7. The minimum atomic E-state index is 0.530. The highest BCUT2D eigenvalue weighted by Gasteiger charge is 2.14. The summed E-state index contributed by atoms with van der Waals surface area (Å²) in [6.45, 7) is 4.27. The molecule has 0 radical (unpaired) electrons. The zero-order valence-corrected chi connectivity index (χ0v) is 11.2. The van der Waals surface area contributed by atoms with Crippen LogP contribution in [0.5, 0.6) is 0 Å². The van der Waals surface area contributed by atoms with Crippen molar-refractivity contribution in [3.05, 3.63) is 47.3 Å². The summed E-state index contributed by atoms with van der Waals surface area (Å²) in [5.74, 6) is 0.693. The number of aromatic nitrogens is 5. The molecule has 0 fully saturated rings. The second kappa shape index (κ2) is 4.70. The molecule has 20 heavy (non-hydrogen) atoms. The number of fused-ring (bicyclic) bond motifs is 1. The number of hydrogen-bond donors (Lipinski definition) is 0. The van der Waals surface area contributed by atoms with Gasteiger partial charge in [0, 0.05) is 12.4 Å². The monoisotopic (exact) mass is 264 g/mol. The Labute approximate surface area is 115 Å². The van der Waals surface area contributed by atoms with Gasteiger partial charge in [-0.1, -0.05) is 0 Å². The topological polar surface area (TPSA) is 80.3 Å². The van der Waals surface area contributed by atoms with Gasteiger partial charge in [0.25, 0.3) is 0 Å². The maximum absolute atomic E-state index is 9.26. The van der Waals surface area contributed by atoms with Crippen molar-refractivity contribution in [1.82, 2.24) is 24.7 Å². The molecule has 0 aliphatic heterocycles. The van der Waals surface area contributed by atoms with Crippen LogP contribution in [0.15, 0.2) is 24.5 Å². The first-order valence-electron chi connectivity index (χ1n) is 6.20. The average molecular weight is 264 g/mol. The molecule has 3 aromatic heterocycles. The van der Waals surface area contributed by atoms with Crippen LogP contribution < -0.4 is 0 Å². The Balaban J connectivity index is 2.19. The summed E-state index contributed by atoms with van der Waals surface area (Å²) in [5.41, 5.74) is 2.99. The van der Waals surface area contributed by atoms with E-state index in [9.17, 15) is 5.26 Å². The molecule has 0 aliphatic rings. The van der Waals surface area contributed by atoms with E-state index < -0.39 is 0 Å². The highest BCUT2D eigenvalue weighted by Crippen LogP contribution is 2.22. The van der Waals surface area contributed by atoms with E-state index in [2.05, 4.69) is 26.2 Å². The summed E-state index contributed by atoms with van der Waals surface area (Å²) in [7, 11) is 0. The molecule has 3 rings (SSSR count). The van der Waals surface area contributed by atoms with Crippen LogP contribution in [0.3, 0.4) is 0 Å². The first-order valence-corrected chi connectivity index (χ1v) is 6.20.